The van der Waals surface area contributed by atoms with Crippen molar-refractivity contribution < 1.29 is 14.6 Å². The van der Waals surface area contributed by atoms with E-state index in [0.717, 1.165) is 53.9 Å². The number of hydrogen-bond acceptors (Lipinski definition) is 4. The van der Waals surface area contributed by atoms with Crippen molar-refractivity contribution in [2.45, 2.75) is 57.2 Å². The van der Waals surface area contributed by atoms with Crippen LogP contribution in [0.4, 0.5) is 4.79 Å². The number of nitrogens with zero attached hydrogens (tertiary/aromatic N) is 1. The fourth-order valence-corrected chi connectivity index (χ4v) is 4.08. The highest BCUT2D eigenvalue weighted by Gasteiger charge is 2.23. The zero-order valence-electron chi connectivity index (χ0n) is 17.8. The number of carbonyl (C=O) groups is 1. The number of nitrogens with one attached hydrogen (secondary N) is 3. The number of para-hydroxylation sites is 2. The molecular formula is C24H30N4O3. The number of aliphatic hydroxyl groups is 1. The molecule has 7 nitrogen and oxygen atoms in total. The van der Waals surface area contributed by atoms with E-state index in [4.69, 9.17) is 9.72 Å². The summed E-state index contributed by atoms with van der Waals surface area (Å²) in [7, 11) is 0. The van der Waals surface area contributed by atoms with Crippen molar-refractivity contribution in [3.63, 3.8) is 0 Å². The van der Waals surface area contributed by atoms with Crippen molar-refractivity contribution in [2.75, 3.05) is 6.61 Å². The molecule has 0 bridgehead atoms. The number of ether oxygens (including phenoxy) is 1. The average Bonchev–Trinajstić information content (AvgIpc) is 3.21. The quantitative estimate of drug-likeness (QED) is 0.465. The van der Waals surface area contributed by atoms with Crippen LogP contribution in [0.1, 0.15) is 50.0 Å². The number of amides is 2. The third-order valence-corrected chi connectivity index (χ3v) is 5.75. The lowest BCUT2D eigenvalue weighted by atomic mass is 9.93. The number of rotatable bonds is 7. The topological polar surface area (TPSA) is 99.3 Å². The summed E-state index contributed by atoms with van der Waals surface area (Å²) in [5.74, 6) is 1.56. The smallest absolute Gasteiger partial charge is 0.315 e. The van der Waals surface area contributed by atoms with E-state index in [0.29, 0.717) is 13.0 Å². The molecule has 1 atom stereocenters. The molecule has 31 heavy (non-hydrogen) atoms. The molecule has 0 radical (unpaired) electrons. The molecular weight excluding hydrogens is 392 g/mol. The van der Waals surface area contributed by atoms with Gasteiger partial charge in [-0.25, -0.2) is 9.78 Å². The second-order valence-corrected chi connectivity index (χ2v) is 8.10. The zero-order chi connectivity index (χ0) is 21.6. The molecule has 0 spiro atoms. The van der Waals surface area contributed by atoms with Crippen LogP contribution >= 0.6 is 0 Å². The van der Waals surface area contributed by atoms with Crippen LogP contribution in [-0.4, -0.2) is 39.9 Å². The third kappa shape index (κ3) is 5.55. The summed E-state index contributed by atoms with van der Waals surface area (Å²) in [6.45, 7) is 2.59. The highest BCUT2D eigenvalue weighted by Crippen LogP contribution is 2.22. The van der Waals surface area contributed by atoms with E-state index in [9.17, 15) is 9.90 Å². The lowest BCUT2D eigenvalue weighted by molar-refractivity contribution is 0.117. The van der Waals surface area contributed by atoms with Crippen molar-refractivity contribution >= 4 is 17.1 Å². The Balaban J connectivity index is 1.49. The molecule has 0 saturated heterocycles. The van der Waals surface area contributed by atoms with Crippen LogP contribution in [0.25, 0.3) is 11.0 Å². The van der Waals surface area contributed by atoms with Crippen LogP contribution in [0.3, 0.4) is 0 Å². The van der Waals surface area contributed by atoms with Crippen LogP contribution in [0.5, 0.6) is 5.75 Å². The molecule has 1 saturated carbocycles. The highest BCUT2D eigenvalue weighted by atomic mass is 16.5. The normalized spacial score (nSPS) is 19.7. The molecule has 1 unspecified atom stereocenters. The number of fused-ring (bicyclic) bond motifs is 1. The number of carbonyl (C=O) groups excluding carboxylic acids is 1. The predicted octanol–water partition coefficient (Wildman–Crippen LogP) is 3.85. The number of H-pyrrole nitrogens is 1. The predicted molar refractivity (Wildman–Crippen MR) is 120 cm³/mol. The van der Waals surface area contributed by atoms with Crippen LogP contribution in [0, 0.1) is 0 Å². The number of imidazole rings is 1. The summed E-state index contributed by atoms with van der Waals surface area (Å²) in [6, 6.07) is 15.3. The maximum Gasteiger partial charge on any atom is 0.315 e. The van der Waals surface area contributed by atoms with Gasteiger partial charge in [-0.15, -0.1) is 0 Å². The van der Waals surface area contributed by atoms with Gasteiger partial charge in [0.05, 0.1) is 29.8 Å². The Hall–Kier alpha value is -3.06. The summed E-state index contributed by atoms with van der Waals surface area (Å²) in [6.07, 6.45) is 3.40. The number of benzene rings is 2. The van der Waals surface area contributed by atoms with Gasteiger partial charge in [-0.3, -0.25) is 0 Å². The van der Waals surface area contributed by atoms with Gasteiger partial charge in [0.25, 0.3) is 0 Å². The molecule has 2 aromatic carbocycles. The fraction of sp³-hybridized carbons (Fsp3) is 0.417. The third-order valence-electron chi connectivity index (χ3n) is 5.75. The van der Waals surface area contributed by atoms with Crippen molar-refractivity contribution in [1.82, 2.24) is 20.6 Å². The minimum absolute atomic E-state index is 0.0881. The van der Waals surface area contributed by atoms with E-state index in [1.165, 1.54) is 0 Å². The standard InChI is InChI=1S/C24H30N4O3/c1-2-31-19-13-7-16(8-14-19)15-22(23-26-20-5-3-4-6-21(20)27-23)28-24(30)25-17-9-11-18(29)12-10-17/h3-8,13-14,17-18,22,29H,2,9-12,15H2,1H3,(H,26,27)(H2,25,28,30). The Morgan fingerprint density at radius 3 is 2.61 bits per heavy atom. The summed E-state index contributed by atoms with van der Waals surface area (Å²) in [5, 5.41) is 15.9. The van der Waals surface area contributed by atoms with Crippen molar-refractivity contribution in [1.29, 1.82) is 0 Å². The van der Waals surface area contributed by atoms with E-state index in [1.54, 1.807) is 0 Å². The molecule has 3 aromatic rings. The SMILES string of the molecule is CCOc1ccc(CC(NC(=O)NC2CCC(O)CC2)c2nc3ccccc3[nH]2)cc1. The Morgan fingerprint density at radius 1 is 1.16 bits per heavy atom. The first-order chi connectivity index (χ1) is 15.1. The molecule has 1 aliphatic rings. The van der Waals surface area contributed by atoms with E-state index >= 15 is 0 Å². The largest absolute Gasteiger partial charge is 0.494 e. The first-order valence-corrected chi connectivity index (χ1v) is 11.0. The van der Waals surface area contributed by atoms with E-state index in [2.05, 4.69) is 15.6 Å². The first-order valence-electron chi connectivity index (χ1n) is 11.0. The fourth-order valence-electron chi connectivity index (χ4n) is 4.08. The number of aromatic nitrogens is 2. The second kappa shape index (κ2) is 9.83. The van der Waals surface area contributed by atoms with E-state index in [-0.39, 0.29) is 24.2 Å². The first kappa shape index (κ1) is 21.2. The Morgan fingerprint density at radius 2 is 1.90 bits per heavy atom. The number of urea groups is 1. The van der Waals surface area contributed by atoms with Gasteiger partial charge < -0.3 is 25.5 Å². The van der Waals surface area contributed by atoms with Crippen LogP contribution in [-0.2, 0) is 6.42 Å². The molecule has 2 amide bonds. The molecule has 1 fully saturated rings. The van der Waals surface area contributed by atoms with Gasteiger partial charge in [0.1, 0.15) is 11.6 Å². The number of aromatic amines is 1. The van der Waals surface area contributed by atoms with Gasteiger partial charge in [0.2, 0.25) is 0 Å². The van der Waals surface area contributed by atoms with Gasteiger partial charge in [-0.1, -0.05) is 24.3 Å². The lowest BCUT2D eigenvalue weighted by Crippen LogP contribution is -2.45. The molecule has 1 aliphatic carbocycles. The molecule has 4 rings (SSSR count). The number of aliphatic hydroxyl groups excluding tert-OH is 1. The summed E-state index contributed by atoms with van der Waals surface area (Å²) in [4.78, 5) is 20.8. The second-order valence-electron chi connectivity index (χ2n) is 8.10. The minimum atomic E-state index is -0.306. The molecule has 0 aliphatic heterocycles. The van der Waals surface area contributed by atoms with E-state index in [1.807, 2.05) is 55.5 Å². The van der Waals surface area contributed by atoms with E-state index < -0.39 is 0 Å². The summed E-state index contributed by atoms with van der Waals surface area (Å²) >= 11 is 0. The Labute approximate surface area is 182 Å². The van der Waals surface area contributed by atoms with Gasteiger partial charge >= 0.3 is 6.03 Å². The van der Waals surface area contributed by atoms with Crippen molar-refractivity contribution in [3.05, 3.63) is 59.9 Å². The maximum atomic E-state index is 12.8. The van der Waals surface area contributed by atoms with Crippen LogP contribution in [0.2, 0.25) is 0 Å². The molecule has 1 heterocycles. The van der Waals surface area contributed by atoms with Crippen LogP contribution < -0.4 is 15.4 Å². The Bertz CT molecular complexity index is 960. The highest BCUT2D eigenvalue weighted by molar-refractivity contribution is 5.76. The molecule has 164 valence electrons. The monoisotopic (exact) mass is 422 g/mol. The lowest BCUT2D eigenvalue weighted by Gasteiger charge is -2.27. The average molecular weight is 423 g/mol. The summed E-state index contributed by atoms with van der Waals surface area (Å²) in [5.41, 5.74) is 2.89. The van der Waals surface area contributed by atoms with Crippen molar-refractivity contribution in [3.8, 4) is 5.75 Å². The van der Waals surface area contributed by atoms with Gasteiger partial charge in [-0.05, 0) is 68.9 Å². The summed E-state index contributed by atoms with van der Waals surface area (Å²) < 4.78 is 5.53. The molecule has 1 aromatic heterocycles. The van der Waals surface area contributed by atoms with Gasteiger partial charge in [-0.2, -0.15) is 0 Å². The maximum absolute atomic E-state index is 12.8. The van der Waals surface area contributed by atoms with Gasteiger partial charge in [0, 0.05) is 6.04 Å². The Kier molecular flexibility index (Phi) is 6.72. The molecule has 7 heteroatoms. The number of hydrogen-bond donors (Lipinski definition) is 4. The minimum Gasteiger partial charge on any atom is -0.494 e. The zero-order valence-corrected chi connectivity index (χ0v) is 17.8. The molecule has 4 N–H and O–H groups in total. The van der Waals surface area contributed by atoms with Crippen molar-refractivity contribution in [2.24, 2.45) is 0 Å². The van der Waals surface area contributed by atoms with Gasteiger partial charge in [0.15, 0.2) is 0 Å². The van der Waals surface area contributed by atoms with Crippen LogP contribution in [0.15, 0.2) is 48.5 Å².